The van der Waals surface area contributed by atoms with Crippen molar-refractivity contribution in [3.63, 3.8) is 0 Å². The van der Waals surface area contributed by atoms with Crippen molar-refractivity contribution >= 4 is 23.0 Å². The fourth-order valence-corrected chi connectivity index (χ4v) is 2.10. The number of ether oxygens (including phenoxy) is 1. The summed E-state index contributed by atoms with van der Waals surface area (Å²) in [6.45, 7) is 3.86. The van der Waals surface area contributed by atoms with Crippen molar-refractivity contribution in [3.8, 4) is 0 Å². The van der Waals surface area contributed by atoms with E-state index in [0.29, 0.717) is 11.3 Å². The van der Waals surface area contributed by atoms with Crippen LogP contribution in [0.2, 0.25) is 0 Å². The molecule has 0 aromatic heterocycles. The summed E-state index contributed by atoms with van der Waals surface area (Å²) in [4.78, 5) is 11.7. The standard InChI is InChI=1S/C16H18N2O2/c1-10-6-4-8-13(17)15(10)18-14-9-5-7-12(11(14)2)16(19)20-3/h4-9,18H,17H2,1-3H3. The number of hydrogen-bond donors (Lipinski definition) is 2. The van der Waals surface area contributed by atoms with Gasteiger partial charge in [-0.15, -0.1) is 0 Å². The molecule has 3 N–H and O–H groups in total. The molecule has 2 aromatic carbocycles. The number of nitrogens with one attached hydrogen (secondary N) is 1. The first-order valence-corrected chi connectivity index (χ1v) is 6.34. The molecule has 0 saturated carbocycles. The Balaban J connectivity index is 2.42. The van der Waals surface area contributed by atoms with Crippen LogP contribution >= 0.6 is 0 Å². The molecule has 2 rings (SSSR count). The average molecular weight is 270 g/mol. The molecule has 4 nitrogen and oxygen atoms in total. The van der Waals surface area contributed by atoms with Gasteiger partial charge in [-0.1, -0.05) is 18.2 Å². The van der Waals surface area contributed by atoms with Crippen LogP contribution in [0.4, 0.5) is 17.1 Å². The van der Waals surface area contributed by atoms with Crippen molar-refractivity contribution < 1.29 is 9.53 Å². The largest absolute Gasteiger partial charge is 0.465 e. The Hall–Kier alpha value is -2.49. The van der Waals surface area contributed by atoms with Gasteiger partial charge >= 0.3 is 5.97 Å². The highest BCUT2D eigenvalue weighted by molar-refractivity contribution is 5.93. The number of hydrogen-bond acceptors (Lipinski definition) is 4. The fraction of sp³-hybridized carbons (Fsp3) is 0.188. The van der Waals surface area contributed by atoms with E-state index in [1.165, 1.54) is 7.11 Å². The Bertz CT molecular complexity index is 631. The van der Waals surface area contributed by atoms with Crippen LogP contribution in [0.15, 0.2) is 36.4 Å². The van der Waals surface area contributed by atoms with Crippen LogP contribution in [-0.2, 0) is 4.74 Å². The van der Waals surface area contributed by atoms with Gasteiger partial charge in [-0.05, 0) is 43.2 Å². The van der Waals surface area contributed by atoms with E-state index >= 15 is 0 Å². The number of benzene rings is 2. The van der Waals surface area contributed by atoms with Crippen molar-refractivity contribution in [2.24, 2.45) is 0 Å². The molecule has 0 amide bonds. The number of carbonyl (C=O) groups excluding carboxylic acids is 1. The highest BCUT2D eigenvalue weighted by Crippen LogP contribution is 2.29. The minimum absolute atomic E-state index is 0.344. The maximum atomic E-state index is 11.7. The van der Waals surface area contributed by atoms with Crippen molar-refractivity contribution in [2.75, 3.05) is 18.2 Å². The zero-order chi connectivity index (χ0) is 14.7. The number of aryl methyl sites for hydroxylation is 1. The summed E-state index contributed by atoms with van der Waals surface area (Å²) in [7, 11) is 1.38. The van der Waals surface area contributed by atoms with E-state index in [2.05, 4.69) is 5.32 Å². The summed E-state index contributed by atoms with van der Waals surface area (Å²) >= 11 is 0. The van der Waals surface area contributed by atoms with Gasteiger partial charge in [0.1, 0.15) is 0 Å². The third-order valence-corrected chi connectivity index (χ3v) is 3.30. The molecule has 0 bridgehead atoms. The first kappa shape index (κ1) is 13.9. The number of nitrogen functional groups attached to an aromatic ring is 1. The van der Waals surface area contributed by atoms with Crippen LogP contribution in [0, 0.1) is 13.8 Å². The number of esters is 1. The molecular formula is C16H18N2O2. The van der Waals surface area contributed by atoms with Gasteiger partial charge in [-0.25, -0.2) is 4.79 Å². The van der Waals surface area contributed by atoms with Gasteiger partial charge < -0.3 is 15.8 Å². The number of anilines is 3. The Morgan fingerprint density at radius 3 is 2.50 bits per heavy atom. The smallest absolute Gasteiger partial charge is 0.338 e. The lowest BCUT2D eigenvalue weighted by Gasteiger charge is -2.15. The van der Waals surface area contributed by atoms with E-state index in [4.69, 9.17) is 10.5 Å². The molecule has 2 aromatic rings. The molecule has 0 saturated heterocycles. The molecule has 0 aliphatic rings. The van der Waals surface area contributed by atoms with Crippen LogP contribution in [0.25, 0.3) is 0 Å². The summed E-state index contributed by atoms with van der Waals surface area (Å²) < 4.78 is 4.78. The van der Waals surface area contributed by atoms with Crippen molar-refractivity contribution in [3.05, 3.63) is 53.1 Å². The van der Waals surface area contributed by atoms with Crippen molar-refractivity contribution in [1.29, 1.82) is 0 Å². The fourth-order valence-electron chi connectivity index (χ4n) is 2.10. The van der Waals surface area contributed by atoms with Gasteiger partial charge in [0, 0.05) is 5.69 Å². The molecule has 0 spiro atoms. The normalized spacial score (nSPS) is 10.2. The third-order valence-electron chi connectivity index (χ3n) is 3.30. The van der Waals surface area contributed by atoms with E-state index in [0.717, 1.165) is 22.5 Å². The summed E-state index contributed by atoms with van der Waals surface area (Å²) in [5, 5.41) is 3.30. The summed E-state index contributed by atoms with van der Waals surface area (Å²) in [5.74, 6) is -0.344. The number of rotatable bonds is 3. The second-order valence-corrected chi connectivity index (χ2v) is 4.63. The molecule has 0 fully saturated rings. The monoisotopic (exact) mass is 270 g/mol. The molecule has 0 atom stereocenters. The average Bonchev–Trinajstić information content (AvgIpc) is 2.44. The van der Waals surface area contributed by atoms with Crippen LogP contribution in [0.1, 0.15) is 21.5 Å². The zero-order valence-corrected chi connectivity index (χ0v) is 11.9. The van der Waals surface area contributed by atoms with E-state index < -0.39 is 0 Å². The summed E-state index contributed by atoms with van der Waals surface area (Å²) in [5.41, 5.74) is 10.8. The molecule has 0 radical (unpaired) electrons. The molecule has 0 unspecified atom stereocenters. The van der Waals surface area contributed by atoms with Gasteiger partial charge in [-0.2, -0.15) is 0 Å². The van der Waals surface area contributed by atoms with Gasteiger partial charge in [0.2, 0.25) is 0 Å². The predicted octanol–water partition coefficient (Wildman–Crippen LogP) is 3.42. The van der Waals surface area contributed by atoms with E-state index in [-0.39, 0.29) is 5.97 Å². The Morgan fingerprint density at radius 2 is 1.85 bits per heavy atom. The Kier molecular flexibility index (Phi) is 3.94. The highest BCUT2D eigenvalue weighted by Gasteiger charge is 2.13. The number of nitrogens with two attached hydrogens (primary N) is 1. The summed E-state index contributed by atoms with van der Waals surface area (Å²) in [6.07, 6.45) is 0. The van der Waals surface area contributed by atoms with Crippen LogP contribution < -0.4 is 11.1 Å². The highest BCUT2D eigenvalue weighted by atomic mass is 16.5. The molecule has 0 heterocycles. The first-order valence-electron chi connectivity index (χ1n) is 6.34. The summed E-state index contributed by atoms with van der Waals surface area (Å²) in [6, 6.07) is 11.2. The molecule has 0 aliphatic heterocycles. The lowest BCUT2D eigenvalue weighted by atomic mass is 10.1. The van der Waals surface area contributed by atoms with Gasteiger partial charge in [0.15, 0.2) is 0 Å². The van der Waals surface area contributed by atoms with Crippen molar-refractivity contribution in [1.82, 2.24) is 0 Å². The van der Waals surface area contributed by atoms with Crippen molar-refractivity contribution in [2.45, 2.75) is 13.8 Å². The Labute approximate surface area is 118 Å². The van der Waals surface area contributed by atoms with Gasteiger partial charge in [0.25, 0.3) is 0 Å². The molecular weight excluding hydrogens is 252 g/mol. The Morgan fingerprint density at radius 1 is 1.15 bits per heavy atom. The van der Waals surface area contributed by atoms with Crippen LogP contribution in [-0.4, -0.2) is 13.1 Å². The van der Waals surface area contributed by atoms with Gasteiger partial charge in [0.05, 0.1) is 24.0 Å². The molecule has 4 heteroatoms. The second kappa shape index (κ2) is 5.65. The number of carbonyl (C=O) groups is 1. The topological polar surface area (TPSA) is 64.3 Å². The second-order valence-electron chi connectivity index (χ2n) is 4.63. The maximum Gasteiger partial charge on any atom is 0.338 e. The minimum atomic E-state index is -0.344. The lowest BCUT2D eigenvalue weighted by Crippen LogP contribution is -2.06. The lowest BCUT2D eigenvalue weighted by molar-refractivity contribution is 0.0600. The van der Waals surface area contributed by atoms with E-state index in [9.17, 15) is 4.79 Å². The minimum Gasteiger partial charge on any atom is -0.465 e. The quantitative estimate of drug-likeness (QED) is 0.662. The van der Waals surface area contributed by atoms with Crippen LogP contribution in [0.3, 0.4) is 0 Å². The number of para-hydroxylation sites is 1. The van der Waals surface area contributed by atoms with Gasteiger partial charge in [-0.3, -0.25) is 0 Å². The van der Waals surface area contributed by atoms with Crippen LogP contribution in [0.5, 0.6) is 0 Å². The first-order chi connectivity index (χ1) is 9.54. The molecule has 20 heavy (non-hydrogen) atoms. The predicted molar refractivity (Wildman–Crippen MR) is 81.4 cm³/mol. The third kappa shape index (κ3) is 2.59. The molecule has 104 valence electrons. The van der Waals surface area contributed by atoms with E-state index in [1.807, 2.05) is 44.2 Å². The maximum absolute atomic E-state index is 11.7. The zero-order valence-electron chi connectivity index (χ0n) is 11.9. The van der Waals surface area contributed by atoms with E-state index in [1.54, 1.807) is 6.07 Å². The SMILES string of the molecule is COC(=O)c1cccc(Nc2c(C)cccc2N)c1C. The molecule has 0 aliphatic carbocycles. The number of methoxy groups -OCH3 is 1.